The van der Waals surface area contributed by atoms with E-state index in [1.807, 2.05) is 0 Å². The molecule has 0 aliphatic carbocycles. The van der Waals surface area contributed by atoms with Crippen LogP contribution in [0.4, 0.5) is 0 Å². The van der Waals surface area contributed by atoms with Gasteiger partial charge in [-0.1, -0.05) is 0 Å². The van der Waals surface area contributed by atoms with Crippen LogP contribution in [0.1, 0.15) is 24.5 Å². The van der Waals surface area contributed by atoms with Gasteiger partial charge < -0.3 is 4.57 Å². The molecule has 0 unspecified atom stereocenters. The molecule has 5 heteroatoms. The summed E-state index contributed by atoms with van der Waals surface area (Å²) in [5.74, 6) is 6.87. The summed E-state index contributed by atoms with van der Waals surface area (Å²) in [6, 6.07) is 0. The Labute approximate surface area is 70.5 Å². The maximum atomic E-state index is 4.97. The van der Waals surface area contributed by atoms with Crippen molar-refractivity contribution in [3.8, 4) is 0 Å². The molecule has 0 saturated heterocycles. The van der Waals surface area contributed by atoms with E-state index in [0.717, 1.165) is 24.6 Å². The molecule has 1 aliphatic rings. The van der Waals surface area contributed by atoms with E-state index in [0.29, 0.717) is 6.61 Å². The van der Waals surface area contributed by atoms with Crippen LogP contribution >= 0.6 is 0 Å². The number of hydrogen-bond donors (Lipinski definition) is 1. The van der Waals surface area contributed by atoms with Crippen LogP contribution in [0.3, 0.4) is 0 Å². The number of aromatic nitrogens is 3. The molecule has 1 aromatic rings. The first-order valence-electron chi connectivity index (χ1n) is 4.14. The molecule has 0 bridgehead atoms. The molecule has 12 heavy (non-hydrogen) atoms. The molecule has 0 atom stereocenters. The SMILES string of the molecule is NOCc1nnc2n1CCCC2. The van der Waals surface area contributed by atoms with Crippen molar-refractivity contribution < 1.29 is 4.84 Å². The monoisotopic (exact) mass is 168 g/mol. The number of hydrogen-bond acceptors (Lipinski definition) is 4. The van der Waals surface area contributed by atoms with Crippen LogP contribution < -0.4 is 5.90 Å². The molecule has 0 aromatic carbocycles. The fourth-order valence-corrected chi connectivity index (χ4v) is 1.55. The lowest BCUT2D eigenvalue weighted by Gasteiger charge is -2.13. The molecule has 2 rings (SSSR count). The lowest BCUT2D eigenvalue weighted by molar-refractivity contribution is 0.115. The molecule has 66 valence electrons. The lowest BCUT2D eigenvalue weighted by Crippen LogP contribution is -2.14. The Hall–Kier alpha value is -0.940. The minimum Gasteiger partial charge on any atom is -0.313 e. The van der Waals surface area contributed by atoms with Gasteiger partial charge in [-0.15, -0.1) is 10.2 Å². The summed E-state index contributed by atoms with van der Waals surface area (Å²) in [4.78, 5) is 4.53. The van der Waals surface area contributed by atoms with E-state index in [1.54, 1.807) is 0 Å². The van der Waals surface area contributed by atoms with E-state index >= 15 is 0 Å². The van der Waals surface area contributed by atoms with Crippen molar-refractivity contribution in [3.63, 3.8) is 0 Å². The third-order valence-electron chi connectivity index (χ3n) is 2.15. The molecule has 1 aliphatic heterocycles. The van der Waals surface area contributed by atoms with Gasteiger partial charge in [0.05, 0.1) is 0 Å². The van der Waals surface area contributed by atoms with Crippen molar-refractivity contribution in [2.24, 2.45) is 5.90 Å². The van der Waals surface area contributed by atoms with E-state index in [4.69, 9.17) is 5.90 Å². The normalized spacial score (nSPS) is 16.1. The van der Waals surface area contributed by atoms with Gasteiger partial charge in [0.15, 0.2) is 5.82 Å². The summed E-state index contributed by atoms with van der Waals surface area (Å²) in [6.07, 6.45) is 3.43. The second kappa shape index (κ2) is 3.20. The second-order valence-electron chi connectivity index (χ2n) is 2.95. The van der Waals surface area contributed by atoms with Crippen LogP contribution in [-0.4, -0.2) is 14.8 Å². The van der Waals surface area contributed by atoms with Gasteiger partial charge in [0.2, 0.25) is 0 Å². The number of nitrogens with zero attached hydrogens (tertiary/aromatic N) is 3. The van der Waals surface area contributed by atoms with Crippen molar-refractivity contribution >= 4 is 0 Å². The third kappa shape index (κ3) is 1.21. The molecule has 1 aromatic heterocycles. The van der Waals surface area contributed by atoms with Gasteiger partial charge in [0.25, 0.3) is 0 Å². The minimum atomic E-state index is 0.354. The maximum absolute atomic E-state index is 4.97. The highest BCUT2D eigenvalue weighted by molar-refractivity contribution is 4.97. The number of rotatable bonds is 2. The zero-order valence-corrected chi connectivity index (χ0v) is 6.86. The molecule has 5 nitrogen and oxygen atoms in total. The minimum absolute atomic E-state index is 0.354. The molecule has 2 N–H and O–H groups in total. The first kappa shape index (κ1) is 7.70. The maximum Gasteiger partial charge on any atom is 0.161 e. The van der Waals surface area contributed by atoms with Gasteiger partial charge in [0.1, 0.15) is 12.4 Å². The summed E-state index contributed by atoms with van der Waals surface area (Å²) in [6.45, 7) is 1.36. The van der Waals surface area contributed by atoms with Crippen molar-refractivity contribution in [3.05, 3.63) is 11.6 Å². The van der Waals surface area contributed by atoms with Crippen molar-refractivity contribution in [1.29, 1.82) is 0 Å². The Morgan fingerprint density at radius 3 is 3.17 bits per heavy atom. The summed E-state index contributed by atoms with van der Waals surface area (Å²) in [7, 11) is 0. The fourth-order valence-electron chi connectivity index (χ4n) is 1.55. The van der Waals surface area contributed by atoms with E-state index in [9.17, 15) is 0 Å². The highest BCUT2D eigenvalue weighted by Crippen LogP contribution is 2.14. The molecule has 0 fully saturated rings. The zero-order valence-electron chi connectivity index (χ0n) is 6.86. The molecule has 0 radical (unpaired) electrons. The second-order valence-corrected chi connectivity index (χ2v) is 2.95. The summed E-state index contributed by atoms with van der Waals surface area (Å²) >= 11 is 0. The largest absolute Gasteiger partial charge is 0.313 e. The van der Waals surface area contributed by atoms with Crippen LogP contribution in [0.15, 0.2) is 0 Å². The van der Waals surface area contributed by atoms with Crippen molar-refractivity contribution in [2.45, 2.75) is 32.4 Å². The van der Waals surface area contributed by atoms with Gasteiger partial charge in [-0.2, -0.15) is 0 Å². The van der Waals surface area contributed by atoms with Crippen molar-refractivity contribution in [1.82, 2.24) is 14.8 Å². The standard InChI is InChI=1S/C7H12N4O/c8-12-5-7-10-9-6-3-1-2-4-11(6)7/h1-5,8H2. The van der Waals surface area contributed by atoms with Gasteiger partial charge in [-0.05, 0) is 12.8 Å². The molecule has 0 saturated carbocycles. The summed E-state index contributed by atoms with van der Waals surface area (Å²) in [5.41, 5.74) is 0. The first-order chi connectivity index (χ1) is 5.92. The number of fused-ring (bicyclic) bond motifs is 1. The van der Waals surface area contributed by atoms with E-state index < -0.39 is 0 Å². The van der Waals surface area contributed by atoms with Gasteiger partial charge in [0, 0.05) is 13.0 Å². The summed E-state index contributed by atoms with van der Waals surface area (Å²) < 4.78 is 2.09. The molecule has 2 heterocycles. The Morgan fingerprint density at radius 2 is 2.33 bits per heavy atom. The Morgan fingerprint density at radius 1 is 1.42 bits per heavy atom. The molecular formula is C7H12N4O. The van der Waals surface area contributed by atoms with Crippen LogP contribution in [0.2, 0.25) is 0 Å². The van der Waals surface area contributed by atoms with E-state index in [2.05, 4.69) is 19.6 Å². The van der Waals surface area contributed by atoms with Crippen LogP contribution in [0.5, 0.6) is 0 Å². The van der Waals surface area contributed by atoms with Gasteiger partial charge >= 0.3 is 0 Å². The summed E-state index contributed by atoms with van der Waals surface area (Å²) in [5, 5.41) is 8.05. The number of aryl methyl sites for hydroxylation is 1. The van der Waals surface area contributed by atoms with Gasteiger partial charge in [-0.3, -0.25) is 4.84 Å². The topological polar surface area (TPSA) is 66.0 Å². The Bertz CT molecular complexity index is 270. The van der Waals surface area contributed by atoms with Gasteiger partial charge in [-0.25, -0.2) is 5.90 Å². The van der Waals surface area contributed by atoms with Crippen LogP contribution in [-0.2, 0) is 24.4 Å². The average molecular weight is 168 g/mol. The first-order valence-corrected chi connectivity index (χ1v) is 4.14. The number of nitrogens with two attached hydrogens (primary N) is 1. The van der Waals surface area contributed by atoms with Crippen LogP contribution in [0.25, 0.3) is 0 Å². The smallest absolute Gasteiger partial charge is 0.161 e. The van der Waals surface area contributed by atoms with Crippen LogP contribution in [0, 0.1) is 0 Å². The predicted octanol–water partition coefficient (Wildman–Crippen LogP) is 0.00470. The quantitative estimate of drug-likeness (QED) is 0.631. The molecule has 0 amide bonds. The zero-order chi connectivity index (χ0) is 8.39. The highest BCUT2D eigenvalue weighted by atomic mass is 16.6. The Kier molecular flexibility index (Phi) is 2.05. The van der Waals surface area contributed by atoms with E-state index in [-0.39, 0.29) is 0 Å². The predicted molar refractivity (Wildman–Crippen MR) is 41.9 cm³/mol. The average Bonchev–Trinajstić information content (AvgIpc) is 2.50. The lowest BCUT2D eigenvalue weighted by atomic mass is 10.2. The molecular weight excluding hydrogens is 156 g/mol. The van der Waals surface area contributed by atoms with E-state index in [1.165, 1.54) is 12.8 Å². The fraction of sp³-hybridized carbons (Fsp3) is 0.714. The highest BCUT2D eigenvalue weighted by Gasteiger charge is 2.14. The third-order valence-corrected chi connectivity index (χ3v) is 2.15. The molecule has 0 spiro atoms. The Balaban J connectivity index is 2.25. The van der Waals surface area contributed by atoms with Crippen molar-refractivity contribution in [2.75, 3.05) is 0 Å².